The number of hydrogen-bond donors (Lipinski definition) is 1. The number of nitrogens with one attached hydrogen (secondary N) is 1. The predicted molar refractivity (Wildman–Crippen MR) is 65.4 cm³/mol. The number of rotatable bonds is 5. The zero-order chi connectivity index (χ0) is 11.4. The second-order valence-electron chi connectivity index (χ2n) is 4.32. The Morgan fingerprint density at radius 2 is 2.19 bits per heavy atom. The Labute approximate surface area is 95.7 Å². The molecule has 0 fully saturated rings. The number of pyridine rings is 1. The highest BCUT2D eigenvalue weighted by atomic mass is 15.0. The van der Waals surface area contributed by atoms with Gasteiger partial charge in [0.1, 0.15) is 5.82 Å². The van der Waals surface area contributed by atoms with E-state index in [1.807, 2.05) is 12.1 Å². The predicted octanol–water partition coefficient (Wildman–Crippen LogP) is 1.84. The van der Waals surface area contributed by atoms with Gasteiger partial charge in [-0.3, -0.25) is 0 Å². The number of aromatic amines is 1. The van der Waals surface area contributed by atoms with E-state index in [1.165, 1.54) is 6.42 Å². The summed E-state index contributed by atoms with van der Waals surface area (Å²) in [6, 6.07) is 3.94. The smallest absolute Gasteiger partial charge is 0.177 e. The lowest BCUT2D eigenvalue weighted by Gasteiger charge is -2.07. The van der Waals surface area contributed by atoms with Gasteiger partial charge in [-0.15, -0.1) is 0 Å². The molecule has 4 nitrogen and oxygen atoms in total. The Kier molecular flexibility index (Phi) is 3.51. The maximum absolute atomic E-state index is 4.45. The minimum absolute atomic E-state index is 0.824. The Balaban J connectivity index is 1.89. The van der Waals surface area contributed by atoms with Crippen LogP contribution in [0.3, 0.4) is 0 Å². The van der Waals surface area contributed by atoms with Crippen molar-refractivity contribution >= 4 is 11.2 Å². The minimum atomic E-state index is 0.824. The molecule has 0 radical (unpaired) electrons. The Morgan fingerprint density at radius 1 is 1.31 bits per heavy atom. The van der Waals surface area contributed by atoms with Gasteiger partial charge in [-0.2, -0.15) is 0 Å². The summed E-state index contributed by atoms with van der Waals surface area (Å²) >= 11 is 0. The lowest BCUT2D eigenvalue weighted by Crippen LogP contribution is -2.12. The third-order valence-electron chi connectivity index (χ3n) is 2.58. The molecule has 86 valence electrons. The minimum Gasteiger partial charge on any atom is -0.341 e. The molecule has 0 bridgehead atoms. The van der Waals surface area contributed by atoms with Gasteiger partial charge in [-0.05, 0) is 45.6 Å². The molecule has 0 aliphatic rings. The van der Waals surface area contributed by atoms with Crippen LogP contribution in [-0.4, -0.2) is 40.5 Å². The number of aromatic nitrogens is 3. The summed E-state index contributed by atoms with van der Waals surface area (Å²) < 4.78 is 0. The average molecular weight is 218 g/mol. The van der Waals surface area contributed by atoms with Gasteiger partial charge in [0, 0.05) is 12.6 Å². The van der Waals surface area contributed by atoms with Crippen molar-refractivity contribution in [1.29, 1.82) is 0 Å². The third-order valence-corrected chi connectivity index (χ3v) is 2.58. The van der Waals surface area contributed by atoms with Crippen molar-refractivity contribution in [3.63, 3.8) is 0 Å². The highest BCUT2D eigenvalue weighted by Gasteiger charge is 2.02. The summed E-state index contributed by atoms with van der Waals surface area (Å²) in [5.74, 6) is 1.05. The normalized spacial score (nSPS) is 11.4. The van der Waals surface area contributed by atoms with E-state index in [2.05, 4.69) is 33.9 Å². The molecular formula is C12H18N4. The summed E-state index contributed by atoms with van der Waals surface area (Å²) in [6.07, 6.45) is 5.15. The molecule has 2 rings (SSSR count). The van der Waals surface area contributed by atoms with Gasteiger partial charge in [0.2, 0.25) is 0 Å². The van der Waals surface area contributed by atoms with Gasteiger partial charge in [-0.25, -0.2) is 9.97 Å². The number of imidazole rings is 1. The molecule has 1 N–H and O–H groups in total. The van der Waals surface area contributed by atoms with E-state index in [0.29, 0.717) is 0 Å². The molecule has 4 heteroatoms. The van der Waals surface area contributed by atoms with Gasteiger partial charge in [0.05, 0.1) is 5.52 Å². The molecule has 0 atom stereocenters. The topological polar surface area (TPSA) is 44.8 Å². The van der Waals surface area contributed by atoms with Crippen LogP contribution in [0.4, 0.5) is 0 Å². The van der Waals surface area contributed by atoms with Crippen molar-refractivity contribution in [2.45, 2.75) is 19.3 Å². The number of fused-ring (bicyclic) bond motifs is 1. The quantitative estimate of drug-likeness (QED) is 0.779. The molecule has 0 amide bonds. The second-order valence-corrected chi connectivity index (χ2v) is 4.32. The van der Waals surface area contributed by atoms with Crippen LogP contribution in [0, 0.1) is 0 Å². The molecular weight excluding hydrogens is 200 g/mol. The van der Waals surface area contributed by atoms with Crippen LogP contribution in [-0.2, 0) is 6.42 Å². The fourth-order valence-electron chi connectivity index (χ4n) is 1.73. The lowest BCUT2D eigenvalue weighted by molar-refractivity contribution is 0.394. The fourth-order valence-corrected chi connectivity index (χ4v) is 1.73. The highest BCUT2D eigenvalue weighted by molar-refractivity contribution is 5.69. The van der Waals surface area contributed by atoms with E-state index in [4.69, 9.17) is 0 Å². The van der Waals surface area contributed by atoms with E-state index >= 15 is 0 Å². The van der Waals surface area contributed by atoms with Crippen molar-refractivity contribution in [1.82, 2.24) is 19.9 Å². The molecule has 0 saturated carbocycles. The van der Waals surface area contributed by atoms with Crippen LogP contribution >= 0.6 is 0 Å². The van der Waals surface area contributed by atoms with E-state index < -0.39 is 0 Å². The molecule has 2 heterocycles. The Morgan fingerprint density at radius 3 is 2.94 bits per heavy atom. The number of H-pyrrole nitrogens is 1. The van der Waals surface area contributed by atoms with Crippen LogP contribution in [0.2, 0.25) is 0 Å². The molecule has 0 spiro atoms. The summed E-state index contributed by atoms with van der Waals surface area (Å²) in [5.41, 5.74) is 1.86. The first-order chi connectivity index (χ1) is 7.75. The van der Waals surface area contributed by atoms with Crippen LogP contribution in [0.1, 0.15) is 18.7 Å². The Bertz CT molecular complexity index is 414. The summed E-state index contributed by atoms with van der Waals surface area (Å²) in [7, 11) is 4.20. The van der Waals surface area contributed by atoms with E-state index in [1.54, 1.807) is 6.20 Å². The number of hydrogen-bond acceptors (Lipinski definition) is 3. The van der Waals surface area contributed by atoms with Crippen molar-refractivity contribution in [2.75, 3.05) is 20.6 Å². The molecule has 2 aromatic rings. The number of unbranched alkanes of at least 4 members (excludes halogenated alkanes) is 1. The molecule has 0 unspecified atom stereocenters. The van der Waals surface area contributed by atoms with Crippen molar-refractivity contribution in [3.05, 3.63) is 24.2 Å². The molecule has 0 aliphatic carbocycles. The largest absolute Gasteiger partial charge is 0.341 e. The molecule has 0 aromatic carbocycles. The van der Waals surface area contributed by atoms with Crippen LogP contribution in [0.5, 0.6) is 0 Å². The second kappa shape index (κ2) is 5.07. The molecule has 0 saturated heterocycles. The number of nitrogens with zero attached hydrogens (tertiary/aromatic N) is 3. The van der Waals surface area contributed by atoms with Crippen LogP contribution < -0.4 is 0 Å². The average Bonchev–Trinajstić information content (AvgIpc) is 2.66. The zero-order valence-electron chi connectivity index (χ0n) is 9.90. The first-order valence-electron chi connectivity index (χ1n) is 5.70. The fraction of sp³-hybridized carbons (Fsp3) is 0.500. The van der Waals surface area contributed by atoms with Gasteiger partial charge < -0.3 is 9.88 Å². The maximum atomic E-state index is 4.45. The van der Waals surface area contributed by atoms with Gasteiger partial charge >= 0.3 is 0 Å². The zero-order valence-corrected chi connectivity index (χ0v) is 9.90. The molecule has 16 heavy (non-hydrogen) atoms. The summed E-state index contributed by atoms with van der Waals surface area (Å²) in [6.45, 7) is 1.14. The van der Waals surface area contributed by atoms with E-state index in [9.17, 15) is 0 Å². The first-order valence-corrected chi connectivity index (χ1v) is 5.70. The first kappa shape index (κ1) is 11.1. The monoisotopic (exact) mass is 218 g/mol. The third kappa shape index (κ3) is 2.79. The SMILES string of the molecule is CN(C)CCCCc1nc2ncccc2[nH]1. The van der Waals surface area contributed by atoms with E-state index in [0.717, 1.165) is 36.4 Å². The highest BCUT2D eigenvalue weighted by Crippen LogP contribution is 2.09. The molecule has 0 aliphatic heterocycles. The van der Waals surface area contributed by atoms with Gasteiger partial charge in [-0.1, -0.05) is 0 Å². The lowest BCUT2D eigenvalue weighted by atomic mass is 10.2. The van der Waals surface area contributed by atoms with E-state index in [-0.39, 0.29) is 0 Å². The Hall–Kier alpha value is -1.42. The van der Waals surface area contributed by atoms with Crippen molar-refractivity contribution in [3.8, 4) is 0 Å². The van der Waals surface area contributed by atoms with Gasteiger partial charge in [0.15, 0.2) is 5.65 Å². The molecule has 2 aromatic heterocycles. The number of aryl methyl sites for hydroxylation is 1. The van der Waals surface area contributed by atoms with Crippen LogP contribution in [0.15, 0.2) is 18.3 Å². The standard InChI is InChI=1S/C12H18N4/c1-16(2)9-4-3-7-11-14-10-6-5-8-13-12(10)15-11/h5-6,8H,3-4,7,9H2,1-2H3,(H,13,14,15). The summed E-state index contributed by atoms with van der Waals surface area (Å²) in [4.78, 5) is 14.2. The summed E-state index contributed by atoms with van der Waals surface area (Å²) in [5, 5.41) is 0. The van der Waals surface area contributed by atoms with Crippen molar-refractivity contribution < 1.29 is 0 Å². The van der Waals surface area contributed by atoms with Gasteiger partial charge in [0.25, 0.3) is 0 Å². The van der Waals surface area contributed by atoms with Crippen molar-refractivity contribution in [2.24, 2.45) is 0 Å². The maximum Gasteiger partial charge on any atom is 0.177 e. The van der Waals surface area contributed by atoms with Crippen LogP contribution in [0.25, 0.3) is 11.2 Å².